The molecule has 0 unspecified atom stereocenters. The Morgan fingerprint density at radius 1 is 1.35 bits per heavy atom. The Hall–Kier alpha value is -1.83. The zero-order valence-corrected chi connectivity index (χ0v) is 14.1. The van der Waals surface area contributed by atoms with Crippen LogP contribution in [0, 0.1) is 4.84 Å². The van der Waals surface area contributed by atoms with E-state index in [1.807, 2.05) is 23.5 Å². The molecule has 1 aliphatic heterocycles. The highest BCUT2D eigenvalue weighted by molar-refractivity contribution is 7.71. The number of thiophene rings is 1. The largest absolute Gasteiger partial charge is 0.409 e. The van der Waals surface area contributed by atoms with Crippen LogP contribution in [0.25, 0.3) is 11.5 Å². The molecule has 23 heavy (non-hydrogen) atoms. The molecule has 0 spiro atoms. The number of hydrogen-bond acceptors (Lipinski definition) is 6. The van der Waals surface area contributed by atoms with E-state index >= 15 is 0 Å². The van der Waals surface area contributed by atoms with Crippen molar-refractivity contribution in [1.29, 1.82) is 0 Å². The summed E-state index contributed by atoms with van der Waals surface area (Å²) in [4.78, 5) is 8.32. The number of rotatable bonds is 4. The van der Waals surface area contributed by atoms with Crippen LogP contribution in [-0.4, -0.2) is 26.2 Å². The predicted octanol–water partition coefficient (Wildman–Crippen LogP) is 4.12. The first kappa shape index (κ1) is 14.7. The maximum atomic E-state index is 5.64. The molecule has 1 fully saturated rings. The van der Waals surface area contributed by atoms with Crippen molar-refractivity contribution in [3.05, 3.63) is 51.8 Å². The van der Waals surface area contributed by atoms with Crippen molar-refractivity contribution in [2.24, 2.45) is 0 Å². The molecule has 0 aromatic carbocycles. The van der Waals surface area contributed by atoms with Crippen LogP contribution < -0.4 is 0 Å². The van der Waals surface area contributed by atoms with E-state index in [2.05, 4.69) is 32.5 Å². The number of nitrogens with zero attached hydrogens (tertiary/aromatic N) is 4. The summed E-state index contributed by atoms with van der Waals surface area (Å²) in [6.45, 7) is 1.71. The monoisotopic (exact) mass is 344 g/mol. The minimum absolute atomic E-state index is 0.403. The van der Waals surface area contributed by atoms with Gasteiger partial charge in [-0.3, -0.25) is 9.88 Å². The summed E-state index contributed by atoms with van der Waals surface area (Å²) in [6.07, 6.45) is 5.84. The third kappa shape index (κ3) is 2.99. The van der Waals surface area contributed by atoms with Crippen LogP contribution in [0.15, 0.2) is 46.5 Å². The molecule has 0 N–H and O–H groups in total. The van der Waals surface area contributed by atoms with Gasteiger partial charge in [0, 0.05) is 29.9 Å². The van der Waals surface area contributed by atoms with Crippen LogP contribution in [-0.2, 0) is 6.67 Å². The standard InChI is InChI=1S/C16H16N4OS2/c22-16-20(18-15(21-16)12-4-1-7-17-10-12)11-19-8-2-5-13(19)14-6-3-9-23-14/h1,3-4,6-7,9-10,13H,2,5,8,11H2/t13-/m0/s1. The van der Waals surface area contributed by atoms with Crippen LogP contribution in [0.3, 0.4) is 0 Å². The van der Waals surface area contributed by atoms with E-state index < -0.39 is 0 Å². The SMILES string of the molecule is S=c1oc(-c2cccnc2)nn1CN1CCC[C@H]1c1cccs1. The van der Waals surface area contributed by atoms with Gasteiger partial charge in [-0.15, -0.1) is 16.4 Å². The molecular formula is C16H16N4OS2. The molecule has 3 aromatic rings. The molecule has 0 bridgehead atoms. The summed E-state index contributed by atoms with van der Waals surface area (Å²) < 4.78 is 7.41. The van der Waals surface area contributed by atoms with Gasteiger partial charge in [0.05, 0.1) is 12.2 Å². The molecule has 4 heterocycles. The molecule has 1 aliphatic rings. The van der Waals surface area contributed by atoms with E-state index in [1.54, 1.807) is 17.1 Å². The normalized spacial score (nSPS) is 18.5. The molecule has 0 amide bonds. The molecule has 4 rings (SSSR count). The molecule has 0 aliphatic carbocycles. The van der Waals surface area contributed by atoms with Crippen LogP contribution in [0.1, 0.15) is 23.8 Å². The summed E-state index contributed by atoms with van der Waals surface area (Å²) in [5.74, 6) is 0.523. The average Bonchev–Trinajstić information content (AvgIpc) is 3.30. The Morgan fingerprint density at radius 2 is 2.30 bits per heavy atom. The molecule has 5 nitrogen and oxygen atoms in total. The average molecular weight is 344 g/mol. The zero-order valence-electron chi connectivity index (χ0n) is 12.5. The van der Waals surface area contributed by atoms with Gasteiger partial charge in [-0.1, -0.05) is 6.07 Å². The van der Waals surface area contributed by atoms with E-state index in [0.717, 1.165) is 12.1 Å². The molecule has 0 radical (unpaired) electrons. The molecule has 3 aromatic heterocycles. The maximum absolute atomic E-state index is 5.64. The fourth-order valence-electron chi connectivity index (χ4n) is 2.97. The van der Waals surface area contributed by atoms with Crippen LogP contribution in [0.4, 0.5) is 0 Å². The van der Waals surface area contributed by atoms with Gasteiger partial charge in [-0.2, -0.15) is 0 Å². The summed E-state index contributed by atoms with van der Waals surface area (Å²) in [7, 11) is 0. The van der Waals surface area contributed by atoms with E-state index in [4.69, 9.17) is 16.6 Å². The highest BCUT2D eigenvalue weighted by Gasteiger charge is 2.27. The van der Waals surface area contributed by atoms with E-state index in [1.165, 1.54) is 17.7 Å². The molecule has 1 saturated heterocycles. The lowest BCUT2D eigenvalue weighted by Crippen LogP contribution is -2.26. The minimum atomic E-state index is 0.403. The van der Waals surface area contributed by atoms with E-state index in [-0.39, 0.29) is 0 Å². The third-order valence-electron chi connectivity index (χ3n) is 4.07. The Balaban J connectivity index is 1.57. The Morgan fingerprint density at radius 3 is 3.09 bits per heavy atom. The lowest BCUT2D eigenvalue weighted by atomic mass is 10.2. The fourth-order valence-corrected chi connectivity index (χ4v) is 4.04. The highest BCUT2D eigenvalue weighted by atomic mass is 32.1. The summed E-state index contributed by atoms with van der Waals surface area (Å²) in [6, 6.07) is 8.55. The molecule has 7 heteroatoms. The van der Waals surface area contributed by atoms with Gasteiger partial charge >= 0.3 is 0 Å². The van der Waals surface area contributed by atoms with E-state index in [0.29, 0.717) is 23.4 Å². The lowest BCUT2D eigenvalue weighted by molar-refractivity contribution is 0.190. The topological polar surface area (TPSA) is 47.1 Å². The Bertz CT molecular complexity index is 825. The third-order valence-corrected chi connectivity index (χ3v) is 5.33. The van der Waals surface area contributed by atoms with Gasteiger partial charge in [-0.05, 0) is 48.6 Å². The first-order valence-corrected chi connectivity index (χ1v) is 8.86. The van der Waals surface area contributed by atoms with Crippen molar-refractivity contribution in [2.75, 3.05) is 6.54 Å². The van der Waals surface area contributed by atoms with Gasteiger partial charge < -0.3 is 4.42 Å². The smallest absolute Gasteiger partial charge is 0.288 e. The van der Waals surface area contributed by atoms with Crippen LogP contribution in [0.5, 0.6) is 0 Å². The number of hydrogen-bond donors (Lipinski definition) is 0. The Kier molecular flexibility index (Phi) is 4.07. The second-order valence-corrected chi connectivity index (χ2v) is 6.87. The van der Waals surface area contributed by atoms with Gasteiger partial charge in [0.1, 0.15) is 0 Å². The van der Waals surface area contributed by atoms with Gasteiger partial charge in [0.15, 0.2) is 0 Å². The fraction of sp³-hybridized carbons (Fsp3) is 0.312. The van der Waals surface area contributed by atoms with Crippen molar-refractivity contribution in [1.82, 2.24) is 19.7 Å². The minimum Gasteiger partial charge on any atom is -0.409 e. The predicted molar refractivity (Wildman–Crippen MR) is 91.6 cm³/mol. The Labute approximate surface area is 143 Å². The first-order valence-electron chi connectivity index (χ1n) is 7.57. The van der Waals surface area contributed by atoms with Crippen molar-refractivity contribution < 1.29 is 4.42 Å². The van der Waals surface area contributed by atoms with Crippen molar-refractivity contribution >= 4 is 23.6 Å². The molecular weight excluding hydrogens is 328 g/mol. The molecule has 118 valence electrons. The van der Waals surface area contributed by atoms with Crippen molar-refractivity contribution in [3.63, 3.8) is 0 Å². The molecule has 1 atom stereocenters. The summed E-state index contributed by atoms with van der Waals surface area (Å²) >= 11 is 7.15. The van der Waals surface area contributed by atoms with Crippen LogP contribution >= 0.6 is 23.6 Å². The molecule has 0 saturated carbocycles. The summed E-state index contributed by atoms with van der Waals surface area (Å²) in [5, 5.41) is 6.66. The van der Waals surface area contributed by atoms with E-state index in [9.17, 15) is 0 Å². The van der Waals surface area contributed by atoms with Crippen LogP contribution in [0.2, 0.25) is 0 Å². The second-order valence-electron chi connectivity index (χ2n) is 5.54. The zero-order chi connectivity index (χ0) is 15.6. The van der Waals surface area contributed by atoms with Crippen molar-refractivity contribution in [2.45, 2.75) is 25.6 Å². The van der Waals surface area contributed by atoms with Gasteiger partial charge in [-0.25, -0.2) is 4.68 Å². The van der Waals surface area contributed by atoms with Crippen molar-refractivity contribution in [3.8, 4) is 11.5 Å². The highest BCUT2D eigenvalue weighted by Crippen LogP contribution is 2.34. The quantitative estimate of drug-likeness (QED) is 0.666. The number of aromatic nitrogens is 3. The summed E-state index contributed by atoms with van der Waals surface area (Å²) in [5.41, 5.74) is 0.841. The number of pyridine rings is 1. The lowest BCUT2D eigenvalue weighted by Gasteiger charge is -2.22. The number of likely N-dealkylation sites (tertiary alicyclic amines) is 1. The maximum Gasteiger partial charge on any atom is 0.288 e. The van der Waals surface area contributed by atoms with Gasteiger partial charge in [0.25, 0.3) is 4.84 Å². The van der Waals surface area contributed by atoms with Gasteiger partial charge in [0.2, 0.25) is 5.89 Å². The first-order chi connectivity index (χ1) is 11.3. The second kappa shape index (κ2) is 6.35.